The Morgan fingerprint density at radius 2 is 1.70 bits per heavy atom. The van der Waals surface area contributed by atoms with Crippen molar-refractivity contribution in [3.8, 4) is 0 Å². The molecule has 3 amide bonds. The van der Waals surface area contributed by atoms with Crippen molar-refractivity contribution in [2.75, 3.05) is 11.9 Å². The number of carbonyl (C=O) groups is 3. The van der Waals surface area contributed by atoms with E-state index in [0.29, 0.717) is 11.3 Å². The van der Waals surface area contributed by atoms with E-state index in [9.17, 15) is 18.8 Å². The highest BCUT2D eigenvalue weighted by Crippen LogP contribution is 2.13. The van der Waals surface area contributed by atoms with Gasteiger partial charge in [-0.1, -0.05) is 12.1 Å². The number of furan rings is 1. The van der Waals surface area contributed by atoms with E-state index in [1.54, 1.807) is 24.3 Å². The zero-order chi connectivity index (χ0) is 21.3. The van der Waals surface area contributed by atoms with Crippen LogP contribution in [0.5, 0.6) is 0 Å². The molecule has 7 nitrogen and oxygen atoms in total. The summed E-state index contributed by atoms with van der Waals surface area (Å²) in [6.07, 6.45) is 1.52. The molecule has 0 fully saturated rings. The number of nitrogens with one attached hydrogen (secondary N) is 3. The van der Waals surface area contributed by atoms with E-state index in [4.69, 9.17) is 4.42 Å². The molecule has 8 heteroatoms. The molecule has 0 radical (unpaired) electrons. The van der Waals surface area contributed by atoms with Gasteiger partial charge in [0.15, 0.2) is 5.76 Å². The normalized spacial score (nSPS) is 10.3. The molecule has 0 atom stereocenters. The van der Waals surface area contributed by atoms with Gasteiger partial charge < -0.3 is 20.4 Å². The zero-order valence-corrected chi connectivity index (χ0v) is 16.0. The fourth-order valence-corrected chi connectivity index (χ4v) is 2.64. The number of anilines is 1. The minimum Gasteiger partial charge on any atom is -0.459 e. The maximum Gasteiger partial charge on any atom is 0.286 e. The smallest absolute Gasteiger partial charge is 0.286 e. The second-order valence-corrected chi connectivity index (χ2v) is 6.42. The summed E-state index contributed by atoms with van der Waals surface area (Å²) in [6, 6.07) is 15.4. The predicted octanol–water partition coefficient (Wildman–Crippen LogP) is 3.11. The average Bonchev–Trinajstić information content (AvgIpc) is 3.28. The van der Waals surface area contributed by atoms with E-state index in [2.05, 4.69) is 16.0 Å². The molecule has 1 heterocycles. The molecule has 0 aliphatic carbocycles. The van der Waals surface area contributed by atoms with Crippen LogP contribution in [0.25, 0.3) is 0 Å². The van der Waals surface area contributed by atoms with Gasteiger partial charge in [0.05, 0.1) is 6.26 Å². The lowest BCUT2D eigenvalue weighted by atomic mass is 10.1. The van der Waals surface area contributed by atoms with Crippen LogP contribution < -0.4 is 16.0 Å². The van der Waals surface area contributed by atoms with Gasteiger partial charge in [0.25, 0.3) is 11.8 Å². The van der Waals surface area contributed by atoms with E-state index in [-0.39, 0.29) is 43.0 Å². The van der Waals surface area contributed by atoms with Crippen molar-refractivity contribution >= 4 is 23.4 Å². The van der Waals surface area contributed by atoms with Gasteiger partial charge in [0.1, 0.15) is 5.82 Å². The van der Waals surface area contributed by atoms with Gasteiger partial charge in [0, 0.05) is 30.8 Å². The topological polar surface area (TPSA) is 100 Å². The first kappa shape index (κ1) is 20.8. The molecule has 3 aromatic rings. The number of benzene rings is 2. The largest absolute Gasteiger partial charge is 0.459 e. The number of rotatable bonds is 8. The highest BCUT2D eigenvalue weighted by molar-refractivity contribution is 6.04. The quantitative estimate of drug-likeness (QED) is 0.532. The Bertz CT molecular complexity index is 1020. The summed E-state index contributed by atoms with van der Waals surface area (Å²) in [5, 5.41) is 8.09. The van der Waals surface area contributed by atoms with Crippen LogP contribution in [0.1, 0.15) is 32.9 Å². The van der Waals surface area contributed by atoms with Crippen molar-refractivity contribution in [1.29, 1.82) is 0 Å². The highest BCUT2D eigenvalue weighted by Gasteiger charge is 2.09. The van der Waals surface area contributed by atoms with Crippen molar-refractivity contribution in [3.63, 3.8) is 0 Å². The van der Waals surface area contributed by atoms with Gasteiger partial charge in [-0.3, -0.25) is 14.4 Å². The Morgan fingerprint density at radius 3 is 2.43 bits per heavy atom. The molecular weight excluding hydrogens is 389 g/mol. The van der Waals surface area contributed by atoms with Crippen molar-refractivity contribution in [3.05, 3.63) is 89.6 Å². The summed E-state index contributed by atoms with van der Waals surface area (Å²) in [6.45, 7) is 0.449. The molecule has 0 saturated heterocycles. The Morgan fingerprint density at radius 1 is 0.900 bits per heavy atom. The van der Waals surface area contributed by atoms with Crippen LogP contribution in [0.2, 0.25) is 0 Å². The molecule has 0 unspecified atom stereocenters. The fourth-order valence-electron chi connectivity index (χ4n) is 2.64. The van der Waals surface area contributed by atoms with E-state index in [1.807, 2.05) is 6.07 Å². The summed E-state index contributed by atoms with van der Waals surface area (Å²) >= 11 is 0. The van der Waals surface area contributed by atoms with Gasteiger partial charge in [0.2, 0.25) is 5.91 Å². The lowest BCUT2D eigenvalue weighted by molar-refractivity contribution is -0.121. The van der Waals surface area contributed by atoms with E-state index >= 15 is 0 Å². The second kappa shape index (κ2) is 10.0. The lowest BCUT2D eigenvalue weighted by Crippen LogP contribution is -2.30. The van der Waals surface area contributed by atoms with Crippen LogP contribution in [0, 0.1) is 5.82 Å². The van der Waals surface area contributed by atoms with Crippen molar-refractivity contribution in [2.24, 2.45) is 0 Å². The Kier molecular flexibility index (Phi) is 6.94. The van der Waals surface area contributed by atoms with E-state index in [0.717, 1.165) is 5.56 Å². The molecule has 0 saturated carbocycles. The average molecular weight is 409 g/mol. The van der Waals surface area contributed by atoms with Crippen molar-refractivity contribution < 1.29 is 23.2 Å². The van der Waals surface area contributed by atoms with Gasteiger partial charge in [-0.2, -0.15) is 0 Å². The molecule has 30 heavy (non-hydrogen) atoms. The summed E-state index contributed by atoms with van der Waals surface area (Å²) in [5.41, 5.74) is 1.69. The maximum atomic E-state index is 13.0. The third-order valence-electron chi connectivity index (χ3n) is 4.16. The van der Waals surface area contributed by atoms with Gasteiger partial charge >= 0.3 is 0 Å². The predicted molar refractivity (Wildman–Crippen MR) is 108 cm³/mol. The molecule has 154 valence electrons. The molecule has 0 spiro atoms. The van der Waals surface area contributed by atoms with E-state index < -0.39 is 5.82 Å². The number of amides is 3. The first-order chi connectivity index (χ1) is 14.5. The third-order valence-corrected chi connectivity index (χ3v) is 4.16. The molecule has 0 aliphatic rings. The molecule has 1 aromatic heterocycles. The maximum absolute atomic E-state index is 13.0. The number of halogens is 1. The first-order valence-electron chi connectivity index (χ1n) is 9.25. The summed E-state index contributed by atoms with van der Waals surface area (Å²) < 4.78 is 17.9. The second-order valence-electron chi connectivity index (χ2n) is 6.42. The lowest BCUT2D eigenvalue weighted by Gasteiger charge is -2.09. The van der Waals surface area contributed by atoms with Crippen LogP contribution in [0.3, 0.4) is 0 Å². The molecule has 0 bridgehead atoms. The molecule has 3 rings (SSSR count). The van der Waals surface area contributed by atoms with Crippen molar-refractivity contribution in [1.82, 2.24) is 10.6 Å². The Hall–Kier alpha value is -3.94. The Labute approximate surface area is 172 Å². The number of carbonyl (C=O) groups excluding carboxylic acids is 3. The fraction of sp³-hybridized carbons (Fsp3) is 0.136. The minimum atomic E-state index is -0.412. The molecule has 0 aliphatic heterocycles. The van der Waals surface area contributed by atoms with Gasteiger partial charge in [-0.25, -0.2) is 4.39 Å². The summed E-state index contributed by atoms with van der Waals surface area (Å²) in [5.74, 6) is -1.18. The van der Waals surface area contributed by atoms with Crippen LogP contribution in [-0.4, -0.2) is 24.3 Å². The van der Waals surface area contributed by atoms with Gasteiger partial charge in [-0.05, 0) is 54.1 Å². The number of hydrogen-bond donors (Lipinski definition) is 3. The summed E-state index contributed by atoms with van der Waals surface area (Å²) in [4.78, 5) is 35.9. The monoisotopic (exact) mass is 409 g/mol. The van der Waals surface area contributed by atoms with Crippen LogP contribution in [0.4, 0.5) is 10.1 Å². The first-order valence-corrected chi connectivity index (χ1v) is 9.25. The van der Waals surface area contributed by atoms with Crippen molar-refractivity contribution in [2.45, 2.75) is 13.0 Å². The van der Waals surface area contributed by atoms with Crippen LogP contribution >= 0.6 is 0 Å². The summed E-state index contributed by atoms with van der Waals surface area (Å²) in [7, 11) is 0. The van der Waals surface area contributed by atoms with Crippen LogP contribution in [0.15, 0.2) is 71.3 Å². The Balaban J connectivity index is 1.44. The SMILES string of the molecule is O=C(CCNC(=O)c1ccco1)NCc1cccc(NC(=O)c2ccc(F)cc2)c1. The highest BCUT2D eigenvalue weighted by atomic mass is 19.1. The molecular formula is C22H20FN3O4. The van der Waals surface area contributed by atoms with E-state index in [1.165, 1.54) is 36.6 Å². The number of hydrogen-bond acceptors (Lipinski definition) is 4. The standard InChI is InChI=1S/C22H20FN3O4/c23-17-8-6-16(7-9-17)21(28)26-18-4-1-3-15(13-18)14-25-20(27)10-11-24-22(29)19-5-2-12-30-19/h1-9,12-13H,10-11,14H2,(H,24,29)(H,25,27)(H,26,28). The van der Waals surface area contributed by atoms with Crippen LogP contribution in [-0.2, 0) is 11.3 Å². The molecule has 2 aromatic carbocycles. The zero-order valence-electron chi connectivity index (χ0n) is 16.0. The third kappa shape index (κ3) is 6.03. The minimum absolute atomic E-state index is 0.118. The molecule has 3 N–H and O–H groups in total. The van der Waals surface area contributed by atoms with Gasteiger partial charge in [-0.15, -0.1) is 0 Å².